The molecule has 2 N–H and O–H groups in total. The second-order valence-electron chi connectivity index (χ2n) is 6.48. The molecule has 1 aromatic rings. The molecule has 1 fully saturated rings. The lowest BCUT2D eigenvalue weighted by Crippen LogP contribution is -2.33. The topological polar surface area (TPSA) is 43.8 Å². The predicted octanol–water partition coefficient (Wildman–Crippen LogP) is 3.78. The van der Waals surface area contributed by atoms with Crippen molar-refractivity contribution in [2.24, 2.45) is 17.6 Å². The molecular weight excluding hydrogens is 246 g/mol. The van der Waals surface area contributed by atoms with Crippen molar-refractivity contribution in [3.8, 4) is 0 Å². The molecule has 0 aromatic carbocycles. The van der Waals surface area contributed by atoms with Crippen molar-refractivity contribution in [1.29, 1.82) is 0 Å². The fourth-order valence-electron chi connectivity index (χ4n) is 4.07. The van der Waals surface area contributed by atoms with Gasteiger partial charge in [-0.3, -0.25) is 4.68 Å². The lowest BCUT2D eigenvalue weighted by atomic mass is 9.76. The van der Waals surface area contributed by atoms with Gasteiger partial charge >= 0.3 is 0 Å². The largest absolute Gasteiger partial charge is 0.330 e. The van der Waals surface area contributed by atoms with Gasteiger partial charge in [0.1, 0.15) is 0 Å². The maximum atomic E-state index is 6.04. The highest BCUT2D eigenvalue weighted by molar-refractivity contribution is 5.25. The molecule has 0 saturated heterocycles. The Kier molecular flexibility index (Phi) is 5.25. The van der Waals surface area contributed by atoms with Crippen LogP contribution in [0.15, 0.2) is 0 Å². The van der Waals surface area contributed by atoms with E-state index in [-0.39, 0.29) is 0 Å². The third-order valence-electron chi connectivity index (χ3n) is 5.21. The molecule has 1 saturated carbocycles. The molecule has 3 unspecified atom stereocenters. The fourth-order valence-corrected chi connectivity index (χ4v) is 4.07. The van der Waals surface area contributed by atoms with E-state index >= 15 is 0 Å². The Bertz CT molecular complexity index is 436. The highest BCUT2D eigenvalue weighted by Gasteiger charge is 2.32. The Balaban J connectivity index is 2.26. The average Bonchev–Trinajstić information content (AvgIpc) is 2.73. The molecule has 114 valence electrons. The van der Waals surface area contributed by atoms with Crippen LogP contribution in [0.5, 0.6) is 0 Å². The third kappa shape index (κ3) is 2.93. The van der Waals surface area contributed by atoms with Crippen LogP contribution < -0.4 is 5.73 Å². The molecule has 20 heavy (non-hydrogen) atoms. The van der Waals surface area contributed by atoms with Gasteiger partial charge < -0.3 is 5.73 Å². The van der Waals surface area contributed by atoms with Crippen molar-refractivity contribution in [1.82, 2.24) is 9.78 Å². The Morgan fingerprint density at radius 3 is 2.55 bits per heavy atom. The summed E-state index contributed by atoms with van der Waals surface area (Å²) in [6, 6.07) is 0.518. The molecule has 0 radical (unpaired) electrons. The SMILES string of the molecule is CCCC1CCC(CN)C(n2nc(C)c(CC)c2C)C1. The monoisotopic (exact) mass is 277 g/mol. The lowest BCUT2D eigenvalue weighted by molar-refractivity contribution is 0.167. The minimum absolute atomic E-state index is 0.518. The number of rotatable bonds is 5. The van der Waals surface area contributed by atoms with Crippen LogP contribution in [0.4, 0.5) is 0 Å². The van der Waals surface area contributed by atoms with E-state index in [1.807, 2.05) is 0 Å². The third-order valence-corrected chi connectivity index (χ3v) is 5.21. The number of nitrogens with zero attached hydrogens (tertiary/aromatic N) is 2. The normalized spacial score (nSPS) is 26.9. The van der Waals surface area contributed by atoms with E-state index in [0.717, 1.165) is 18.9 Å². The summed E-state index contributed by atoms with van der Waals surface area (Å²) in [5.74, 6) is 1.47. The van der Waals surface area contributed by atoms with Crippen LogP contribution in [0.25, 0.3) is 0 Å². The van der Waals surface area contributed by atoms with Crippen molar-refractivity contribution in [2.45, 2.75) is 72.3 Å². The van der Waals surface area contributed by atoms with E-state index in [1.165, 1.54) is 49.1 Å². The van der Waals surface area contributed by atoms with Gasteiger partial charge in [-0.1, -0.05) is 26.7 Å². The van der Waals surface area contributed by atoms with Gasteiger partial charge in [-0.2, -0.15) is 5.10 Å². The highest BCUT2D eigenvalue weighted by Crippen LogP contribution is 2.39. The molecule has 3 nitrogen and oxygen atoms in total. The Hall–Kier alpha value is -0.830. The Morgan fingerprint density at radius 1 is 1.25 bits per heavy atom. The standard InChI is InChI=1S/C17H31N3/c1-5-7-14-8-9-15(11-18)17(10-14)20-13(4)16(6-2)12(3)19-20/h14-15,17H,5-11,18H2,1-4H3. The minimum atomic E-state index is 0.518. The fraction of sp³-hybridized carbons (Fsp3) is 0.824. The molecule has 1 heterocycles. The molecule has 1 aliphatic carbocycles. The summed E-state index contributed by atoms with van der Waals surface area (Å²) >= 11 is 0. The smallest absolute Gasteiger partial charge is 0.0628 e. The van der Waals surface area contributed by atoms with E-state index in [1.54, 1.807) is 0 Å². The van der Waals surface area contributed by atoms with Crippen molar-refractivity contribution >= 4 is 0 Å². The second-order valence-corrected chi connectivity index (χ2v) is 6.48. The summed E-state index contributed by atoms with van der Waals surface area (Å²) in [7, 11) is 0. The summed E-state index contributed by atoms with van der Waals surface area (Å²) in [5, 5.41) is 4.86. The van der Waals surface area contributed by atoms with Crippen molar-refractivity contribution < 1.29 is 0 Å². The first-order chi connectivity index (χ1) is 9.62. The second kappa shape index (κ2) is 6.75. The molecule has 0 amide bonds. The summed E-state index contributed by atoms with van der Waals surface area (Å²) in [5.41, 5.74) is 10.0. The van der Waals surface area contributed by atoms with Crippen LogP contribution in [0.2, 0.25) is 0 Å². The van der Waals surface area contributed by atoms with Gasteiger partial charge in [0.15, 0.2) is 0 Å². The number of hydrogen-bond acceptors (Lipinski definition) is 2. The van der Waals surface area contributed by atoms with Crippen molar-refractivity contribution in [3.05, 3.63) is 17.0 Å². The molecule has 0 bridgehead atoms. The Labute approximate surface area is 123 Å². The zero-order chi connectivity index (χ0) is 14.7. The first kappa shape index (κ1) is 15.6. The molecule has 0 aliphatic heterocycles. The molecule has 3 heteroatoms. The predicted molar refractivity (Wildman–Crippen MR) is 84.9 cm³/mol. The molecule has 0 spiro atoms. The molecule has 3 atom stereocenters. The molecule has 1 aliphatic rings. The zero-order valence-electron chi connectivity index (χ0n) is 13.7. The highest BCUT2D eigenvalue weighted by atomic mass is 15.3. The quantitative estimate of drug-likeness (QED) is 0.890. The van der Waals surface area contributed by atoms with Crippen LogP contribution >= 0.6 is 0 Å². The van der Waals surface area contributed by atoms with E-state index in [9.17, 15) is 0 Å². The lowest BCUT2D eigenvalue weighted by Gasteiger charge is -2.36. The first-order valence-electron chi connectivity index (χ1n) is 8.36. The summed E-state index contributed by atoms with van der Waals surface area (Å²) in [6.07, 6.45) is 7.62. The number of hydrogen-bond donors (Lipinski definition) is 1. The van der Waals surface area contributed by atoms with Gasteiger partial charge in [-0.25, -0.2) is 0 Å². The van der Waals surface area contributed by atoms with E-state index in [0.29, 0.717) is 12.0 Å². The van der Waals surface area contributed by atoms with Crippen LogP contribution in [-0.2, 0) is 6.42 Å². The van der Waals surface area contributed by atoms with Gasteiger partial charge in [0.2, 0.25) is 0 Å². The molecular formula is C17H31N3. The first-order valence-corrected chi connectivity index (χ1v) is 8.36. The van der Waals surface area contributed by atoms with Gasteiger partial charge in [0, 0.05) is 5.69 Å². The van der Waals surface area contributed by atoms with E-state index in [4.69, 9.17) is 10.8 Å². The summed E-state index contributed by atoms with van der Waals surface area (Å²) in [6.45, 7) is 9.69. The van der Waals surface area contributed by atoms with E-state index < -0.39 is 0 Å². The van der Waals surface area contributed by atoms with Gasteiger partial charge in [-0.15, -0.1) is 0 Å². The zero-order valence-corrected chi connectivity index (χ0v) is 13.7. The maximum Gasteiger partial charge on any atom is 0.0628 e. The number of aryl methyl sites for hydroxylation is 1. The van der Waals surface area contributed by atoms with Crippen LogP contribution in [-0.4, -0.2) is 16.3 Å². The van der Waals surface area contributed by atoms with E-state index in [2.05, 4.69) is 32.4 Å². The molecule has 1 aromatic heterocycles. The van der Waals surface area contributed by atoms with Gasteiger partial charge in [0.05, 0.1) is 11.7 Å². The number of aromatic nitrogens is 2. The molecule has 2 rings (SSSR count). The minimum Gasteiger partial charge on any atom is -0.330 e. The van der Waals surface area contributed by atoms with Gasteiger partial charge in [0.25, 0.3) is 0 Å². The van der Waals surface area contributed by atoms with Gasteiger partial charge in [-0.05, 0) is 63.5 Å². The van der Waals surface area contributed by atoms with Crippen LogP contribution in [0.1, 0.15) is 68.9 Å². The summed E-state index contributed by atoms with van der Waals surface area (Å²) < 4.78 is 2.31. The summed E-state index contributed by atoms with van der Waals surface area (Å²) in [4.78, 5) is 0. The average molecular weight is 277 g/mol. The van der Waals surface area contributed by atoms with Crippen molar-refractivity contribution in [3.63, 3.8) is 0 Å². The van der Waals surface area contributed by atoms with Crippen molar-refractivity contribution in [2.75, 3.05) is 6.54 Å². The van der Waals surface area contributed by atoms with Crippen LogP contribution in [0.3, 0.4) is 0 Å². The maximum absolute atomic E-state index is 6.04. The van der Waals surface area contributed by atoms with Crippen LogP contribution in [0, 0.1) is 25.7 Å². The Morgan fingerprint density at radius 2 is 2.00 bits per heavy atom. The number of nitrogens with two attached hydrogens (primary N) is 1.